The van der Waals surface area contributed by atoms with E-state index in [-0.39, 0.29) is 12.3 Å². The molecule has 2 aliphatic heterocycles. The summed E-state index contributed by atoms with van der Waals surface area (Å²) in [7, 11) is 0. The molecule has 2 unspecified atom stereocenters. The smallest absolute Gasteiger partial charge is 0.143 e. The lowest BCUT2D eigenvalue weighted by molar-refractivity contribution is 0.406. The maximum Gasteiger partial charge on any atom is 0.143 e. The van der Waals surface area contributed by atoms with Gasteiger partial charge in [-0.15, -0.1) is 0 Å². The lowest BCUT2D eigenvalue weighted by Crippen LogP contribution is -2.45. The number of amidine groups is 1. The first-order valence-electron chi connectivity index (χ1n) is 17.2. The number of rotatable bonds is 4. The average molecular weight is 644 g/mol. The second-order valence-electron chi connectivity index (χ2n) is 13.1. The van der Waals surface area contributed by atoms with Gasteiger partial charge in [-0.3, -0.25) is 5.32 Å². The van der Waals surface area contributed by atoms with E-state index >= 15 is 0 Å². The summed E-state index contributed by atoms with van der Waals surface area (Å²) in [6, 6.07) is 62.4. The highest BCUT2D eigenvalue weighted by molar-refractivity contribution is 6.03. The quantitative estimate of drug-likeness (QED) is 0.201. The summed E-state index contributed by atoms with van der Waals surface area (Å²) >= 11 is 0. The van der Waals surface area contributed by atoms with Crippen LogP contribution in [0.3, 0.4) is 0 Å². The lowest BCUT2D eigenvalue weighted by Gasteiger charge is -2.40. The van der Waals surface area contributed by atoms with Crippen LogP contribution in [0.2, 0.25) is 0 Å². The Kier molecular flexibility index (Phi) is 6.58. The highest BCUT2D eigenvalue weighted by atomic mass is 16.5. The average Bonchev–Trinajstić information content (AvgIpc) is 3.49. The van der Waals surface area contributed by atoms with E-state index in [0.29, 0.717) is 0 Å². The molecule has 10 rings (SSSR count). The van der Waals surface area contributed by atoms with Crippen molar-refractivity contribution in [2.24, 2.45) is 4.99 Å². The van der Waals surface area contributed by atoms with Crippen LogP contribution in [-0.4, -0.2) is 5.84 Å². The fraction of sp³-hybridized carbons (Fsp3) is 0.0652. The zero-order valence-electron chi connectivity index (χ0n) is 27.3. The third-order valence-corrected chi connectivity index (χ3v) is 10.5. The third-order valence-electron chi connectivity index (χ3n) is 10.5. The molecule has 2 heterocycles. The van der Waals surface area contributed by atoms with Crippen molar-refractivity contribution < 1.29 is 4.74 Å². The number of para-hydroxylation sites is 2. The van der Waals surface area contributed by atoms with Crippen molar-refractivity contribution in [2.45, 2.75) is 17.7 Å². The van der Waals surface area contributed by atoms with Crippen molar-refractivity contribution >= 4 is 5.84 Å². The number of aliphatic imine (C=N–C) groups is 1. The number of fused-ring (bicyclic) bond motifs is 9. The molecule has 0 saturated heterocycles. The van der Waals surface area contributed by atoms with Gasteiger partial charge in [-0.2, -0.15) is 0 Å². The number of ether oxygens (including phenoxy) is 1. The fourth-order valence-electron chi connectivity index (χ4n) is 8.35. The Morgan fingerprint density at radius 2 is 1.04 bits per heavy atom. The van der Waals surface area contributed by atoms with Crippen LogP contribution in [0.4, 0.5) is 0 Å². The minimum atomic E-state index is -0.543. The molecule has 4 nitrogen and oxygen atoms in total. The predicted molar refractivity (Wildman–Crippen MR) is 200 cm³/mol. The minimum Gasteiger partial charge on any atom is -0.456 e. The van der Waals surface area contributed by atoms with Crippen molar-refractivity contribution in [3.8, 4) is 33.8 Å². The van der Waals surface area contributed by atoms with Crippen LogP contribution in [0.5, 0.6) is 11.5 Å². The number of hydrogen-bond acceptors (Lipinski definition) is 4. The first-order chi connectivity index (χ1) is 24.8. The van der Waals surface area contributed by atoms with Gasteiger partial charge < -0.3 is 10.1 Å². The number of nitrogens with one attached hydrogen (secondary N) is 2. The summed E-state index contributed by atoms with van der Waals surface area (Å²) in [4.78, 5) is 5.38. The molecule has 0 aromatic heterocycles. The van der Waals surface area contributed by atoms with Gasteiger partial charge in [0.15, 0.2) is 0 Å². The fourth-order valence-corrected chi connectivity index (χ4v) is 8.35. The SMILES string of the molecule is c1ccc(-c2ccccc2C2NC(c3cccc4c3Oc3ccccc3C43c4ccccc4-c4ccccc43)=NC(c3ccccc3)N2)cc1. The van der Waals surface area contributed by atoms with Crippen LogP contribution in [0.1, 0.15) is 51.3 Å². The van der Waals surface area contributed by atoms with Gasteiger partial charge in [0.25, 0.3) is 0 Å². The summed E-state index contributed by atoms with van der Waals surface area (Å²) in [5, 5.41) is 7.67. The maximum atomic E-state index is 7.01. The molecule has 0 amide bonds. The third kappa shape index (κ3) is 4.25. The van der Waals surface area contributed by atoms with E-state index in [2.05, 4.69) is 180 Å². The van der Waals surface area contributed by atoms with Gasteiger partial charge in [0.2, 0.25) is 0 Å². The van der Waals surface area contributed by atoms with Crippen LogP contribution >= 0.6 is 0 Å². The van der Waals surface area contributed by atoms with Gasteiger partial charge in [0.1, 0.15) is 29.7 Å². The first kappa shape index (κ1) is 28.8. The molecule has 1 aliphatic carbocycles. The Hall–Kier alpha value is -6.23. The number of benzene rings is 7. The molecule has 3 aliphatic rings. The molecule has 7 aromatic carbocycles. The molecule has 0 radical (unpaired) electrons. The molecule has 1 spiro atoms. The Morgan fingerprint density at radius 1 is 0.480 bits per heavy atom. The molecule has 0 saturated carbocycles. The van der Waals surface area contributed by atoms with E-state index in [0.717, 1.165) is 45.2 Å². The molecule has 238 valence electrons. The van der Waals surface area contributed by atoms with Gasteiger partial charge in [-0.25, -0.2) is 4.99 Å². The van der Waals surface area contributed by atoms with E-state index in [9.17, 15) is 0 Å². The van der Waals surface area contributed by atoms with Crippen molar-refractivity contribution in [2.75, 3.05) is 0 Å². The zero-order valence-corrected chi connectivity index (χ0v) is 27.3. The highest BCUT2D eigenvalue weighted by Crippen LogP contribution is 2.62. The summed E-state index contributed by atoms with van der Waals surface area (Å²) in [5.74, 6) is 2.48. The van der Waals surface area contributed by atoms with Crippen molar-refractivity contribution in [1.82, 2.24) is 10.6 Å². The standard InChI is InChI=1S/C46H33N3O/c1-3-16-30(17-4-1)32-20-7-8-23-35(32)44-47-43(31-18-5-2-6-19-31)48-45(49-44)36-24-15-28-40-42(36)50-41-29-14-13-27-39(41)46(40)37-25-11-9-21-33(37)34-22-10-12-26-38(34)46/h1-29,43-44,47H,(H,48,49). The molecular formula is C46H33N3O. The lowest BCUT2D eigenvalue weighted by atomic mass is 9.66. The van der Waals surface area contributed by atoms with Crippen molar-refractivity contribution in [1.29, 1.82) is 0 Å². The molecular weight excluding hydrogens is 611 g/mol. The van der Waals surface area contributed by atoms with Gasteiger partial charge in [-0.05, 0) is 56.6 Å². The van der Waals surface area contributed by atoms with Crippen molar-refractivity contribution in [3.05, 3.63) is 215 Å². The largest absolute Gasteiger partial charge is 0.456 e. The molecule has 2 N–H and O–H groups in total. The molecule has 0 bridgehead atoms. The van der Waals surface area contributed by atoms with E-state index in [1.54, 1.807) is 0 Å². The normalized spacial score (nSPS) is 17.7. The zero-order chi connectivity index (χ0) is 33.1. The predicted octanol–water partition coefficient (Wildman–Crippen LogP) is 10.2. The molecule has 50 heavy (non-hydrogen) atoms. The van der Waals surface area contributed by atoms with Gasteiger partial charge in [-0.1, -0.05) is 164 Å². The number of nitrogens with zero attached hydrogens (tertiary/aromatic N) is 1. The molecule has 7 aromatic rings. The summed E-state index contributed by atoms with van der Waals surface area (Å²) in [6.07, 6.45) is -0.507. The topological polar surface area (TPSA) is 45.6 Å². The second-order valence-corrected chi connectivity index (χ2v) is 13.1. The highest BCUT2D eigenvalue weighted by Gasteiger charge is 2.51. The van der Waals surface area contributed by atoms with E-state index in [1.165, 1.54) is 33.4 Å². The van der Waals surface area contributed by atoms with E-state index < -0.39 is 5.41 Å². The Morgan fingerprint density at radius 3 is 1.78 bits per heavy atom. The van der Waals surface area contributed by atoms with E-state index in [1.807, 2.05) is 6.07 Å². The van der Waals surface area contributed by atoms with Crippen LogP contribution in [0.15, 0.2) is 181 Å². The number of hydrogen-bond donors (Lipinski definition) is 2. The Labute approximate surface area is 291 Å². The maximum absolute atomic E-state index is 7.01. The monoisotopic (exact) mass is 643 g/mol. The Balaban J connectivity index is 1.19. The van der Waals surface area contributed by atoms with Crippen molar-refractivity contribution in [3.63, 3.8) is 0 Å². The van der Waals surface area contributed by atoms with Crippen LogP contribution in [-0.2, 0) is 5.41 Å². The van der Waals surface area contributed by atoms with Crippen LogP contribution in [0.25, 0.3) is 22.3 Å². The van der Waals surface area contributed by atoms with E-state index in [4.69, 9.17) is 9.73 Å². The van der Waals surface area contributed by atoms with Crippen LogP contribution < -0.4 is 15.4 Å². The summed E-state index contributed by atoms with van der Waals surface area (Å²) in [6.45, 7) is 0. The van der Waals surface area contributed by atoms with Crippen LogP contribution in [0, 0.1) is 0 Å². The van der Waals surface area contributed by atoms with Gasteiger partial charge >= 0.3 is 0 Å². The minimum absolute atomic E-state index is 0.224. The molecule has 4 heteroatoms. The first-order valence-corrected chi connectivity index (χ1v) is 17.2. The Bertz CT molecular complexity index is 2390. The van der Waals surface area contributed by atoms with Gasteiger partial charge in [0, 0.05) is 11.1 Å². The molecule has 0 fully saturated rings. The summed E-state index contributed by atoms with van der Waals surface area (Å²) in [5.41, 5.74) is 12.3. The van der Waals surface area contributed by atoms with Gasteiger partial charge in [0.05, 0.1) is 11.0 Å². The summed E-state index contributed by atoms with van der Waals surface area (Å²) < 4.78 is 7.01. The molecule has 2 atom stereocenters. The second kappa shape index (κ2) is 11.4.